The number of carbonyl (C=O) groups excluding carboxylic acids is 2. The quantitative estimate of drug-likeness (QED) is 0.720. The molecule has 1 atom stereocenters. The molecule has 3 amide bonds. The highest BCUT2D eigenvalue weighted by Crippen LogP contribution is 2.27. The Balaban J connectivity index is 1.59. The minimum absolute atomic E-state index is 0.0930. The average molecular weight is 454 g/mol. The summed E-state index contributed by atoms with van der Waals surface area (Å²) >= 11 is 3.07. The third-order valence-electron chi connectivity index (χ3n) is 4.88. The highest BCUT2D eigenvalue weighted by molar-refractivity contribution is 9.10. The van der Waals surface area contributed by atoms with Gasteiger partial charge in [0.15, 0.2) is 0 Å². The van der Waals surface area contributed by atoms with Crippen molar-refractivity contribution >= 4 is 33.6 Å². The molecule has 0 fully saturated rings. The Morgan fingerprint density at radius 2 is 2.14 bits per heavy atom. The first-order valence-corrected chi connectivity index (χ1v) is 9.62. The molecule has 0 aliphatic carbocycles. The number of aromatic nitrogens is 2. The molecule has 1 aromatic heterocycles. The number of carbonyl (C=O) groups is 2. The molecule has 0 radical (unpaired) electrons. The van der Waals surface area contributed by atoms with E-state index in [9.17, 15) is 18.4 Å². The molecular weight excluding hydrogens is 436 g/mol. The summed E-state index contributed by atoms with van der Waals surface area (Å²) in [6, 6.07) is 3.46. The second kappa shape index (κ2) is 7.25. The first kappa shape index (κ1) is 19.0. The van der Waals surface area contributed by atoms with Crippen molar-refractivity contribution in [2.45, 2.75) is 25.7 Å². The number of halogens is 3. The molecule has 4 rings (SSSR count). The van der Waals surface area contributed by atoms with Crippen molar-refractivity contribution in [1.82, 2.24) is 19.6 Å². The largest absolute Gasteiger partial charge is 0.328 e. The van der Waals surface area contributed by atoms with Crippen LogP contribution in [0.2, 0.25) is 0 Å². The zero-order valence-corrected chi connectivity index (χ0v) is 16.7. The van der Waals surface area contributed by atoms with Crippen LogP contribution in [0, 0.1) is 5.82 Å². The van der Waals surface area contributed by atoms with Gasteiger partial charge in [-0.1, -0.05) is 0 Å². The SMILES string of the molecule is CN1Cc2c3c(nn2C[C@@H](F)C1)CCN(C(=O)Nc1ccc(F)c(Br)c1)C3=O. The molecule has 148 valence electrons. The normalized spacial score (nSPS) is 19.8. The summed E-state index contributed by atoms with van der Waals surface area (Å²) in [5.41, 5.74) is 1.97. The van der Waals surface area contributed by atoms with Crippen LogP contribution in [0.3, 0.4) is 0 Å². The van der Waals surface area contributed by atoms with Gasteiger partial charge < -0.3 is 5.32 Å². The molecule has 0 saturated carbocycles. The standard InChI is InChI=1S/C18H18BrF2N5O2/c1-24-7-10(20)8-26-15(9-24)16-14(23-26)4-5-25(17(16)27)18(28)22-11-2-3-13(21)12(19)6-11/h2-3,6,10H,4-5,7-9H2,1H3,(H,22,28)/t10-/m0/s1. The minimum Gasteiger partial charge on any atom is -0.307 e. The Morgan fingerprint density at radius 3 is 2.89 bits per heavy atom. The van der Waals surface area contributed by atoms with E-state index in [0.717, 1.165) is 4.90 Å². The zero-order valence-electron chi connectivity index (χ0n) is 15.1. The smallest absolute Gasteiger partial charge is 0.307 e. The highest BCUT2D eigenvalue weighted by Gasteiger charge is 2.36. The van der Waals surface area contributed by atoms with E-state index < -0.39 is 23.9 Å². The number of hydrogen-bond donors (Lipinski definition) is 1. The summed E-state index contributed by atoms with van der Waals surface area (Å²) in [6.45, 7) is 0.909. The number of amides is 3. The molecule has 2 aliphatic heterocycles. The van der Waals surface area contributed by atoms with Crippen LogP contribution in [0.25, 0.3) is 0 Å². The van der Waals surface area contributed by atoms with Gasteiger partial charge in [-0.05, 0) is 41.2 Å². The van der Waals surface area contributed by atoms with E-state index in [1.807, 2.05) is 0 Å². The van der Waals surface area contributed by atoms with Crippen molar-refractivity contribution in [3.8, 4) is 0 Å². The fourth-order valence-corrected chi connectivity index (χ4v) is 3.98. The molecule has 1 aromatic carbocycles. The lowest BCUT2D eigenvalue weighted by Crippen LogP contribution is -2.44. The number of imide groups is 1. The van der Waals surface area contributed by atoms with E-state index in [1.165, 1.54) is 18.2 Å². The summed E-state index contributed by atoms with van der Waals surface area (Å²) < 4.78 is 29.2. The zero-order chi connectivity index (χ0) is 20.0. The lowest BCUT2D eigenvalue weighted by Gasteiger charge is -2.25. The van der Waals surface area contributed by atoms with Crippen LogP contribution >= 0.6 is 15.9 Å². The van der Waals surface area contributed by atoms with Crippen LogP contribution in [0.4, 0.5) is 19.3 Å². The van der Waals surface area contributed by atoms with Gasteiger partial charge in [-0.3, -0.25) is 19.3 Å². The Kier molecular flexibility index (Phi) is 4.92. The number of hydrogen-bond acceptors (Lipinski definition) is 4. The molecule has 0 saturated heterocycles. The van der Waals surface area contributed by atoms with E-state index in [1.54, 1.807) is 16.6 Å². The molecular formula is C18H18BrF2N5O2. The van der Waals surface area contributed by atoms with E-state index in [2.05, 4.69) is 26.3 Å². The lowest BCUT2D eigenvalue weighted by molar-refractivity contribution is 0.0796. The van der Waals surface area contributed by atoms with Gasteiger partial charge in [0.05, 0.1) is 28.0 Å². The maximum absolute atomic E-state index is 14.1. The van der Waals surface area contributed by atoms with Crippen molar-refractivity contribution in [3.05, 3.63) is 45.4 Å². The molecule has 1 N–H and O–H groups in total. The number of urea groups is 1. The van der Waals surface area contributed by atoms with Crippen molar-refractivity contribution in [2.75, 3.05) is 25.5 Å². The number of alkyl halides is 1. The van der Waals surface area contributed by atoms with E-state index in [0.29, 0.717) is 35.6 Å². The van der Waals surface area contributed by atoms with E-state index in [-0.39, 0.29) is 24.1 Å². The third-order valence-corrected chi connectivity index (χ3v) is 5.49. The van der Waals surface area contributed by atoms with Gasteiger partial charge in [-0.2, -0.15) is 5.10 Å². The van der Waals surface area contributed by atoms with Crippen LogP contribution in [0.5, 0.6) is 0 Å². The number of nitrogens with zero attached hydrogens (tertiary/aromatic N) is 4. The summed E-state index contributed by atoms with van der Waals surface area (Å²) in [7, 11) is 1.78. The summed E-state index contributed by atoms with van der Waals surface area (Å²) in [5, 5.41) is 7.02. The number of nitrogens with one attached hydrogen (secondary N) is 1. The molecule has 0 unspecified atom stereocenters. The van der Waals surface area contributed by atoms with E-state index in [4.69, 9.17) is 0 Å². The number of anilines is 1. The summed E-state index contributed by atoms with van der Waals surface area (Å²) in [5.74, 6) is -0.901. The third kappa shape index (κ3) is 3.42. The van der Waals surface area contributed by atoms with Crippen molar-refractivity contribution in [3.63, 3.8) is 0 Å². The molecule has 2 aliphatic rings. The Hall–Kier alpha value is -2.33. The van der Waals surface area contributed by atoms with Gasteiger partial charge in [-0.25, -0.2) is 13.6 Å². The Morgan fingerprint density at radius 1 is 1.36 bits per heavy atom. The lowest BCUT2D eigenvalue weighted by atomic mass is 10.0. The fourth-order valence-electron chi connectivity index (χ4n) is 3.60. The van der Waals surface area contributed by atoms with Crippen LogP contribution in [-0.2, 0) is 19.5 Å². The predicted molar refractivity (Wildman–Crippen MR) is 101 cm³/mol. The van der Waals surface area contributed by atoms with Gasteiger partial charge in [0, 0.05) is 31.7 Å². The number of fused-ring (bicyclic) bond motifs is 3. The molecule has 28 heavy (non-hydrogen) atoms. The maximum Gasteiger partial charge on any atom is 0.328 e. The summed E-state index contributed by atoms with van der Waals surface area (Å²) in [4.78, 5) is 28.6. The average Bonchev–Trinajstić information content (AvgIpc) is 2.88. The topological polar surface area (TPSA) is 70.5 Å². The molecule has 3 heterocycles. The number of benzene rings is 1. The van der Waals surface area contributed by atoms with Crippen molar-refractivity contribution in [2.24, 2.45) is 0 Å². The molecule has 7 nitrogen and oxygen atoms in total. The first-order valence-electron chi connectivity index (χ1n) is 8.82. The molecule has 2 aromatic rings. The predicted octanol–water partition coefficient (Wildman–Crippen LogP) is 2.80. The van der Waals surface area contributed by atoms with Crippen LogP contribution in [0.1, 0.15) is 21.7 Å². The van der Waals surface area contributed by atoms with Crippen LogP contribution < -0.4 is 5.32 Å². The maximum atomic E-state index is 14.1. The molecule has 0 spiro atoms. The van der Waals surface area contributed by atoms with Gasteiger partial charge in [0.2, 0.25) is 0 Å². The van der Waals surface area contributed by atoms with E-state index >= 15 is 0 Å². The second-order valence-electron chi connectivity index (χ2n) is 7.01. The van der Waals surface area contributed by atoms with Crippen LogP contribution in [-0.4, -0.2) is 57.8 Å². The fraction of sp³-hybridized carbons (Fsp3) is 0.389. The highest BCUT2D eigenvalue weighted by atomic mass is 79.9. The van der Waals surface area contributed by atoms with Gasteiger partial charge in [0.25, 0.3) is 5.91 Å². The van der Waals surface area contributed by atoms with Crippen molar-refractivity contribution < 1.29 is 18.4 Å². The second-order valence-corrected chi connectivity index (χ2v) is 7.86. The summed E-state index contributed by atoms with van der Waals surface area (Å²) in [6.07, 6.45) is -0.665. The molecule has 0 bridgehead atoms. The molecule has 10 heteroatoms. The number of rotatable bonds is 1. The van der Waals surface area contributed by atoms with Gasteiger partial charge in [0.1, 0.15) is 12.0 Å². The monoisotopic (exact) mass is 453 g/mol. The van der Waals surface area contributed by atoms with Crippen molar-refractivity contribution in [1.29, 1.82) is 0 Å². The first-order chi connectivity index (χ1) is 13.3. The van der Waals surface area contributed by atoms with Crippen LogP contribution in [0.15, 0.2) is 22.7 Å². The van der Waals surface area contributed by atoms with Gasteiger partial charge >= 0.3 is 6.03 Å². The Bertz CT molecular complexity index is 964. The minimum atomic E-state index is -1.07. The Labute approximate surface area is 168 Å². The van der Waals surface area contributed by atoms with Gasteiger partial charge in [-0.15, -0.1) is 0 Å².